The second-order valence-corrected chi connectivity index (χ2v) is 4.29. The monoisotopic (exact) mass is 226 g/mol. The molecule has 2 fully saturated rings. The molecule has 1 unspecified atom stereocenters. The van der Waals surface area contributed by atoms with E-state index in [1.165, 1.54) is 7.11 Å². The molecule has 0 aromatic carbocycles. The maximum Gasteiger partial charge on any atom is 0.407 e. The van der Waals surface area contributed by atoms with Gasteiger partial charge in [0.2, 0.25) is 0 Å². The molecule has 1 amide bonds. The van der Waals surface area contributed by atoms with Crippen LogP contribution < -0.4 is 11.1 Å². The number of ether oxygens (including phenoxy) is 1. The lowest BCUT2D eigenvalue weighted by atomic mass is 10.3. The first-order valence-electron chi connectivity index (χ1n) is 5.61. The zero-order valence-electron chi connectivity index (χ0n) is 9.48. The van der Waals surface area contributed by atoms with Crippen molar-refractivity contribution in [2.24, 2.45) is 10.7 Å². The number of methoxy groups -OCH3 is 1. The molecule has 6 nitrogen and oxygen atoms in total. The first kappa shape index (κ1) is 11.0. The number of alkyl carbamates (subject to hydrolysis) is 1. The lowest BCUT2D eigenvalue weighted by Crippen LogP contribution is -2.40. The quantitative estimate of drug-likeness (QED) is 0.509. The molecular weight excluding hydrogens is 208 g/mol. The zero-order valence-corrected chi connectivity index (χ0v) is 9.48. The van der Waals surface area contributed by atoms with Gasteiger partial charge in [-0.15, -0.1) is 0 Å². The van der Waals surface area contributed by atoms with Crippen LogP contribution in [0.3, 0.4) is 0 Å². The van der Waals surface area contributed by atoms with Crippen LogP contribution in [0.15, 0.2) is 4.99 Å². The fourth-order valence-electron chi connectivity index (χ4n) is 1.78. The molecule has 0 radical (unpaired) electrons. The normalized spacial score (nSPS) is 25.7. The molecule has 1 aliphatic carbocycles. The number of likely N-dealkylation sites (tertiary alicyclic amines) is 1. The molecule has 3 N–H and O–H groups in total. The van der Waals surface area contributed by atoms with Crippen molar-refractivity contribution in [3.8, 4) is 0 Å². The Balaban J connectivity index is 1.80. The van der Waals surface area contributed by atoms with Gasteiger partial charge in [0.1, 0.15) is 0 Å². The summed E-state index contributed by atoms with van der Waals surface area (Å²) in [5.74, 6) is 0.608. The van der Waals surface area contributed by atoms with Gasteiger partial charge in [-0.3, -0.25) is 0 Å². The van der Waals surface area contributed by atoms with Gasteiger partial charge in [0.05, 0.1) is 19.2 Å². The third-order valence-corrected chi connectivity index (χ3v) is 2.88. The Morgan fingerprint density at radius 1 is 1.50 bits per heavy atom. The van der Waals surface area contributed by atoms with Gasteiger partial charge in [0.25, 0.3) is 0 Å². The number of hydrogen-bond donors (Lipinski definition) is 2. The van der Waals surface area contributed by atoms with Crippen LogP contribution in [-0.2, 0) is 4.74 Å². The Labute approximate surface area is 94.8 Å². The van der Waals surface area contributed by atoms with Crippen molar-refractivity contribution in [2.45, 2.75) is 31.3 Å². The first-order valence-corrected chi connectivity index (χ1v) is 5.61. The van der Waals surface area contributed by atoms with Gasteiger partial charge in [-0.2, -0.15) is 0 Å². The highest BCUT2D eigenvalue weighted by molar-refractivity contribution is 5.79. The molecule has 1 aliphatic heterocycles. The molecule has 0 spiro atoms. The van der Waals surface area contributed by atoms with Crippen molar-refractivity contribution in [3.63, 3.8) is 0 Å². The van der Waals surface area contributed by atoms with Gasteiger partial charge in [-0.05, 0) is 19.3 Å². The summed E-state index contributed by atoms with van der Waals surface area (Å²) >= 11 is 0. The van der Waals surface area contributed by atoms with Gasteiger partial charge < -0.3 is 20.7 Å². The van der Waals surface area contributed by atoms with Crippen LogP contribution in [0.4, 0.5) is 4.79 Å². The molecule has 0 aromatic rings. The molecule has 16 heavy (non-hydrogen) atoms. The van der Waals surface area contributed by atoms with Crippen LogP contribution in [0.2, 0.25) is 0 Å². The number of nitrogens with one attached hydrogen (secondary N) is 1. The number of carbonyl (C=O) groups is 1. The second-order valence-electron chi connectivity index (χ2n) is 4.29. The molecule has 6 heteroatoms. The smallest absolute Gasteiger partial charge is 0.407 e. The van der Waals surface area contributed by atoms with Gasteiger partial charge in [-0.25, -0.2) is 9.79 Å². The second kappa shape index (κ2) is 4.59. The van der Waals surface area contributed by atoms with E-state index < -0.39 is 0 Å². The summed E-state index contributed by atoms with van der Waals surface area (Å²) in [6.07, 6.45) is 2.80. The third-order valence-electron chi connectivity index (χ3n) is 2.88. The van der Waals surface area contributed by atoms with Crippen molar-refractivity contribution < 1.29 is 9.53 Å². The van der Waals surface area contributed by atoms with Crippen LogP contribution in [0.5, 0.6) is 0 Å². The molecule has 1 heterocycles. The molecule has 2 rings (SSSR count). The standard InChI is InChI=1S/C10H18N4O2/c1-16-10(15)13-8-4-5-14(6-8)9(11)12-7-2-3-7/h7-8H,2-6H2,1H3,(H2,11,12)(H,13,15). The molecule has 1 saturated carbocycles. The summed E-state index contributed by atoms with van der Waals surface area (Å²) in [6.45, 7) is 1.56. The highest BCUT2D eigenvalue weighted by atomic mass is 16.5. The third kappa shape index (κ3) is 2.77. The highest BCUT2D eigenvalue weighted by Crippen LogP contribution is 2.23. The molecule has 1 atom stereocenters. The number of amides is 1. The highest BCUT2D eigenvalue weighted by Gasteiger charge is 2.27. The Bertz CT molecular complexity index is 301. The Morgan fingerprint density at radius 2 is 2.25 bits per heavy atom. The number of rotatable bonds is 2. The summed E-state index contributed by atoms with van der Waals surface area (Å²) in [5.41, 5.74) is 5.88. The van der Waals surface area contributed by atoms with Gasteiger partial charge in [0, 0.05) is 13.1 Å². The SMILES string of the molecule is COC(=O)NC1CCN(C(N)=NC2CC2)C1. The van der Waals surface area contributed by atoms with Crippen LogP contribution >= 0.6 is 0 Å². The van der Waals surface area contributed by atoms with Gasteiger partial charge in [-0.1, -0.05) is 0 Å². The van der Waals surface area contributed by atoms with Crippen LogP contribution in [0, 0.1) is 0 Å². The van der Waals surface area contributed by atoms with E-state index in [9.17, 15) is 4.79 Å². The zero-order chi connectivity index (χ0) is 11.5. The molecule has 1 saturated heterocycles. The van der Waals surface area contributed by atoms with E-state index in [4.69, 9.17) is 5.73 Å². The van der Waals surface area contributed by atoms with E-state index in [1.807, 2.05) is 4.90 Å². The molecule has 0 bridgehead atoms. The van der Waals surface area contributed by atoms with Crippen molar-refractivity contribution in [1.82, 2.24) is 10.2 Å². The summed E-state index contributed by atoms with van der Waals surface area (Å²) in [4.78, 5) is 17.4. The average Bonchev–Trinajstić information content (AvgIpc) is 2.95. The molecular formula is C10H18N4O2. The van der Waals surface area contributed by atoms with Crippen LogP contribution in [0.25, 0.3) is 0 Å². The molecule has 90 valence electrons. The minimum absolute atomic E-state index is 0.111. The molecule has 2 aliphatic rings. The van der Waals surface area contributed by atoms with Crippen LogP contribution in [0.1, 0.15) is 19.3 Å². The topological polar surface area (TPSA) is 80.0 Å². The predicted molar refractivity (Wildman–Crippen MR) is 60.2 cm³/mol. The maximum absolute atomic E-state index is 11.0. The predicted octanol–water partition coefficient (Wildman–Crippen LogP) is -0.106. The van der Waals surface area contributed by atoms with Crippen molar-refractivity contribution in [1.29, 1.82) is 0 Å². The molecule has 0 aromatic heterocycles. The average molecular weight is 226 g/mol. The lowest BCUT2D eigenvalue weighted by molar-refractivity contribution is 0.167. The maximum atomic E-state index is 11.0. The number of nitrogens with zero attached hydrogens (tertiary/aromatic N) is 2. The number of guanidine groups is 1. The van der Waals surface area contributed by atoms with E-state index in [1.54, 1.807) is 0 Å². The Hall–Kier alpha value is -1.46. The van der Waals surface area contributed by atoms with E-state index in [2.05, 4.69) is 15.0 Å². The van der Waals surface area contributed by atoms with E-state index >= 15 is 0 Å². The number of aliphatic imine (C=N–C) groups is 1. The minimum atomic E-state index is -0.385. The van der Waals surface area contributed by atoms with E-state index in [0.717, 1.165) is 32.4 Å². The summed E-state index contributed by atoms with van der Waals surface area (Å²) < 4.78 is 4.55. The van der Waals surface area contributed by atoms with Gasteiger partial charge >= 0.3 is 6.09 Å². The Morgan fingerprint density at radius 3 is 2.88 bits per heavy atom. The fraction of sp³-hybridized carbons (Fsp3) is 0.800. The van der Waals surface area contributed by atoms with Gasteiger partial charge in [0.15, 0.2) is 5.96 Å². The van der Waals surface area contributed by atoms with Crippen molar-refractivity contribution >= 4 is 12.1 Å². The summed E-state index contributed by atoms with van der Waals surface area (Å²) in [6, 6.07) is 0.549. The largest absolute Gasteiger partial charge is 0.453 e. The van der Waals surface area contributed by atoms with E-state index in [0.29, 0.717) is 12.0 Å². The van der Waals surface area contributed by atoms with Crippen molar-refractivity contribution in [2.75, 3.05) is 20.2 Å². The lowest BCUT2D eigenvalue weighted by Gasteiger charge is -2.17. The van der Waals surface area contributed by atoms with Crippen molar-refractivity contribution in [3.05, 3.63) is 0 Å². The fourth-order valence-corrected chi connectivity index (χ4v) is 1.78. The number of carbonyl (C=O) groups excluding carboxylic acids is 1. The van der Waals surface area contributed by atoms with Crippen LogP contribution in [-0.4, -0.2) is 49.2 Å². The summed E-state index contributed by atoms with van der Waals surface area (Å²) in [5, 5.41) is 2.77. The number of nitrogens with two attached hydrogens (primary N) is 1. The summed E-state index contributed by atoms with van der Waals surface area (Å²) in [7, 11) is 1.37. The number of hydrogen-bond acceptors (Lipinski definition) is 3. The Kier molecular flexibility index (Phi) is 3.17. The first-order chi connectivity index (χ1) is 7.69. The minimum Gasteiger partial charge on any atom is -0.453 e. The van der Waals surface area contributed by atoms with E-state index in [-0.39, 0.29) is 12.1 Å².